The van der Waals surface area contributed by atoms with Crippen LogP contribution in [0.2, 0.25) is 0 Å². The van der Waals surface area contributed by atoms with Crippen LogP contribution in [0.4, 0.5) is 0 Å². The van der Waals surface area contributed by atoms with Gasteiger partial charge in [0.2, 0.25) is 23.6 Å². The summed E-state index contributed by atoms with van der Waals surface area (Å²) in [6, 6.07) is 17.4. The largest absolute Gasteiger partial charge is 0.508 e. The van der Waals surface area contributed by atoms with Crippen LogP contribution in [0.25, 0.3) is 10.8 Å². The fourth-order valence-corrected chi connectivity index (χ4v) is 5.82. The van der Waals surface area contributed by atoms with E-state index in [9.17, 15) is 24.3 Å². The molecular weight excluding hydrogens is 664 g/mol. The topological polar surface area (TPSA) is 265 Å². The zero-order valence-corrected chi connectivity index (χ0v) is 29.0. The second-order valence-corrected chi connectivity index (χ2v) is 12.7. The number of nitrogens with two attached hydrogens (primary N) is 4. The molecule has 52 heavy (non-hydrogen) atoms. The van der Waals surface area contributed by atoms with Crippen LogP contribution >= 0.6 is 0 Å². The number of phenolic OH excluding ortho intramolecular Hbond substituents is 1. The molecule has 1 aliphatic rings. The van der Waals surface area contributed by atoms with Crippen molar-refractivity contribution < 1.29 is 24.3 Å². The Morgan fingerprint density at radius 2 is 1.31 bits per heavy atom. The summed E-state index contributed by atoms with van der Waals surface area (Å²) >= 11 is 0. The van der Waals surface area contributed by atoms with E-state index in [1.807, 2.05) is 42.5 Å². The van der Waals surface area contributed by atoms with Crippen LogP contribution in [-0.2, 0) is 32.0 Å². The summed E-state index contributed by atoms with van der Waals surface area (Å²) in [5.74, 6) is -2.91. The van der Waals surface area contributed by atoms with Gasteiger partial charge in [0, 0.05) is 25.6 Å². The number of rotatable bonds is 12. The maximum atomic E-state index is 13.9. The molecule has 1 heterocycles. The van der Waals surface area contributed by atoms with Crippen molar-refractivity contribution in [2.75, 3.05) is 19.6 Å². The Kier molecular flexibility index (Phi) is 14.4. The van der Waals surface area contributed by atoms with Crippen molar-refractivity contribution in [3.05, 3.63) is 90.0 Å². The lowest BCUT2D eigenvalue weighted by molar-refractivity contribution is -0.132. The number of aliphatic imine (C=N–C) groups is 2. The zero-order chi connectivity index (χ0) is 37.5. The summed E-state index contributed by atoms with van der Waals surface area (Å²) in [5, 5.41) is 23.1. The molecule has 0 unspecified atom stereocenters. The van der Waals surface area contributed by atoms with E-state index in [0.29, 0.717) is 37.8 Å². The molecule has 4 rings (SSSR count). The second kappa shape index (κ2) is 19.3. The smallest absolute Gasteiger partial charge is 0.243 e. The van der Waals surface area contributed by atoms with Crippen molar-refractivity contribution in [3.8, 4) is 5.75 Å². The van der Waals surface area contributed by atoms with Gasteiger partial charge in [-0.1, -0.05) is 66.7 Å². The Morgan fingerprint density at radius 3 is 2.00 bits per heavy atom. The number of hydrogen-bond acceptors (Lipinski definition) is 7. The number of carbonyl (C=O) groups is 4. The van der Waals surface area contributed by atoms with Crippen molar-refractivity contribution in [3.63, 3.8) is 0 Å². The number of nitrogens with zero attached hydrogens (tertiary/aromatic N) is 2. The van der Waals surface area contributed by atoms with Gasteiger partial charge < -0.3 is 49.3 Å². The molecule has 15 nitrogen and oxygen atoms in total. The third-order valence-electron chi connectivity index (χ3n) is 8.51. The highest BCUT2D eigenvalue weighted by Gasteiger charge is 2.29. The maximum Gasteiger partial charge on any atom is 0.243 e. The number of carbonyl (C=O) groups excluding carboxylic acids is 4. The van der Waals surface area contributed by atoms with Crippen molar-refractivity contribution in [2.45, 2.75) is 56.7 Å². The highest BCUT2D eigenvalue weighted by atomic mass is 16.3. The molecule has 0 spiro atoms. The van der Waals surface area contributed by atoms with Crippen LogP contribution in [0.5, 0.6) is 5.75 Å². The van der Waals surface area contributed by atoms with Gasteiger partial charge in [-0.25, -0.2) is 0 Å². The van der Waals surface area contributed by atoms with E-state index in [4.69, 9.17) is 22.9 Å². The number of nitrogens with one attached hydrogen (secondary N) is 4. The van der Waals surface area contributed by atoms with E-state index in [1.54, 1.807) is 24.3 Å². The molecule has 0 saturated heterocycles. The average Bonchev–Trinajstić information content (AvgIpc) is 3.11. The first-order valence-corrected chi connectivity index (χ1v) is 17.2. The molecule has 0 saturated carbocycles. The summed E-state index contributed by atoms with van der Waals surface area (Å²) in [5.41, 5.74) is 23.5. The van der Waals surface area contributed by atoms with E-state index in [1.165, 1.54) is 12.1 Å². The van der Waals surface area contributed by atoms with Gasteiger partial charge in [-0.3, -0.25) is 29.2 Å². The van der Waals surface area contributed by atoms with Gasteiger partial charge >= 0.3 is 0 Å². The van der Waals surface area contributed by atoms with Crippen molar-refractivity contribution >= 4 is 46.3 Å². The Morgan fingerprint density at radius 1 is 0.673 bits per heavy atom. The lowest BCUT2D eigenvalue weighted by Gasteiger charge is -2.25. The highest BCUT2D eigenvalue weighted by Crippen LogP contribution is 2.20. The average molecular weight is 713 g/mol. The fourth-order valence-electron chi connectivity index (χ4n) is 5.82. The Bertz CT molecular complexity index is 1780. The summed E-state index contributed by atoms with van der Waals surface area (Å²) in [4.78, 5) is 62.6. The molecule has 4 atom stereocenters. The molecule has 3 aromatic carbocycles. The van der Waals surface area contributed by atoms with E-state index in [2.05, 4.69) is 31.3 Å². The zero-order valence-electron chi connectivity index (χ0n) is 29.0. The first-order chi connectivity index (χ1) is 25.0. The normalized spacial score (nSPS) is 20.6. The van der Waals surface area contributed by atoms with Crippen molar-refractivity contribution in [2.24, 2.45) is 38.8 Å². The van der Waals surface area contributed by atoms with Crippen LogP contribution in [-0.4, -0.2) is 78.4 Å². The van der Waals surface area contributed by atoms with Crippen molar-refractivity contribution in [1.29, 1.82) is 0 Å². The van der Waals surface area contributed by atoms with Gasteiger partial charge in [0.1, 0.15) is 17.8 Å². The number of hydrogen-bond donors (Lipinski definition) is 9. The molecule has 15 heteroatoms. The van der Waals surface area contributed by atoms with E-state index >= 15 is 0 Å². The summed E-state index contributed by atoms with van der Waals surface area (Å²) in [6.07, 6.45) is 5.32. The molecule has 0 radical (unpaired) electrons. The number of guanidine groups is 2. The standard InChI is InChI=1S/C37H48N10O5/c38-36(39)42-17-3-7-28-14-13-27(20-24-9-12-25-5-1-2-6-26(25)19-24)33(50)44-22-32(49)46-31(21-23-10-15-29(48)16-11-23)35(52)47-30(34(51)45-28)8-4-18-43-37(40)41/h1-2,5-6,9-16,19,27-28,30-31,48H,3-4,7-8,17-18,20-22H2,(H,44,50)(H,45,51)(H,46,49)(H,47,52)(H4,38,39,42)(H4,40,41,43)/b14-13+/t27-,28+,30+,31-/m1/s1. The molecule has 0 aromatic heterocycles. The molecular formula is C37H48N10O5. The Labute approximate surface area is 302 Å². The number of amides is 4. The number of aromatic hydroxyl groups is 1. The highest BCUT2D eigenvalue weighted by molar-refractivity contribution is 5.94. The SMILES string of the molecule is NC(N)=NCCC[C@H]1/C=C/[C@H](Cc2ccc3ccccc3c2)C(=O)NCC(=O)N[C@H](Cc2ccc(O)cc2)C(=O)N[C@@H](CCCN=C(N)N)C(=O)N1. The maximum absolute atomic E-state index is 13.9. The number of phenols is 1. The monoisotopic (exact) mass is 712 g/mol. The first-order valence-electron chi connectivity index (χ1n) is 17.2. The van der Waals surface area contributed by atoms with Gasteiger partial charge in [0.05, 0.1) is 12.5 Å². The van der Waals surface area contributed by atoms with Crippen LogP contribution in [0.1, 0.15) is 36.8 Å². The van der Waals surface area contributed by atoms with Gasteiger partial charge in [-0.05, 0) is 66.1 Å². The van der Waals surface area contributed by atoms with E-state index in [-0.39, 0.29) is 43.6 Å². The fraction of sp³-hybridized carbons (Fsp3) is 0.351. The third kappa shape index (κ3) is 12.6. The molecule has 0 aliphatic carbocycles. The van der Waals surface area contributed by atoms with Gasteiger partial charge in [-0.15, -0.1) is 0 Å². The third-order valence-corrected chi connectivity index (χ3v) is 8.51. The van der Waals surface area contributed by atoms with Crippen LogP contribution in [0, 0.1) is 5.92 Å². The molecule has 276 valence electrons. The predicted octanol–water partition coefficient (Wildman–Crippen LogP) is 0.194. The molecule has 0 bridgehead atoms. The summed E-state index contributed by atoms with van der Waals surface area (Å²) in [6.45, 7) is 0.151. The molecule has 1 aliphatic heterocycles. The lowest BCUT2D eigenvalue weighted by atomic mass is 9.95. The minimum absolute atomic E-state index is 0.0410. The quantitative estimate of drug-likeness (QED) is 0.0536. The van der Waals surface area contributed by atoms with E-state index < -0.39 is 47.7 Å². The van der Waals surface area contributed by atoms with Gasteiger partial charge in [0.15, 0.2) is 11.9 Å². The van der Waals surface area contributed by atoms with Crippen LogP contribution in [0.15, 0.2) is 88.9 Å². The molecule has 0 fully saturated rings. The number of fused-ring (bicyclic) bond motifs is 1. The molecule has 4 amide bonds. The molecule has 3 aromatic rings. The van der Waals surface area contributed by atoms with Gasteiger partial charge in [0.25, 0.3) is 0 Å². The molecule has 13 N–H and O–H groups in total. The summed E-state index contributed by atoms with van der Waals surface area (Å²) < 4.78 is 0. The lowest BCUT2D eigenvalue weighted by Crippen LogP contribution is -2.56. The predicted molar refractivity (Wildman–Crippen MR) is 201 cm³/mol. The Balaban J connectivity index is 1.67. The van der Waals surface area contributed by atoms with Gasteiger partial charge in [-0.2, -0.15) is 0 Å². The number of benzene rings is 3. The van der Waals surface area contributed by atoms with E-state index in [0.717, 1.165) is 16.3 Å². The van der Waals surface area contributed by atoms with Crippen LogP contribution < -0.4 is 44.2 Å². The minimum Gasteiger partial charge on any atom is -0.508 e. The van der Waals surface area contributed by atoms with Crippen LogP contribution in [0.3, 0.4) is 0 Å². The summed E-state index contributed by atoms with van der Waals surface area (Å²) in [7, 11) is 0. The van der Waals surface area contributed by atoms with Crippen molar-refractivity contribution in [1.82, 2.24) is 21.3 Å². The Hall–Kier alpha value is -6.12. The second-order valence-electron chi connectivity index (χ2n) is 12.7. The first kappa shape index (κ1) is 38.7. The minimum atomic E-state index is -1.12.